The van der Waals surface area contributed by atoms with Crippen molar-refractivity contribution in [2.75, 3.05) is 37.7 Å². The molecule has 2 aliphatic heterocycles. The van der Waals surface area contributed by atoms with Gasteiger partial charge >= 0.3 is 11.7 Å². The van der Waals surface area contributed by atoms with E-state index < -0.39 is 67.3 Å². The first-order valence-corrected chi connectivity index (χ1v) is 14.5. The monoisotopic (exact) mass is 634 g/mol. The van der Waals surface area contributed by atoms with Crippen molar-refractivity contribution in [1.82, 2.24) is 34.0 Å². The minimum atomic E-state index is -1.33. The number of aromatic nitrogens is 6. The largest absolute Gasteiger partial charge is 0.480 e. The lowest BCUT2D eigenvalue weighted by atomic mass is 10.1. The Bertz CT molecular complexity index is 1550. The minimum Gasteiger partial charge on any atom is -0.480 e. The third-order valence-electron chi connectivity index (χ3n) is 8.19. The van der Waals surface area contributed by atoms with E-state index in [1.54, 1.807) is 0 Å². The number of aryl methyl sites for hydroxylation is 1. The first-order valence-electron chi connectivity index (χ1n) is 14.5. The molecule has 0 spiro atoms. The van der Waals surface area contributed by atoms with E-state index in [0.717, 1.165) is 0 Å². The topological polar surface area (TPSA) is 296 Å². The molecule has 2 aliphatic rings. The van der Waals surface area contributed by atoms with Crippen LogP contribution in [0.4, 0.5) is 11.6 Å². The van der Waals surface area contributed by atoms with Crippen LogP contribution in [0.3, 0.4) is 0 Å². The third-order valence-corrected chi connectivity index (χ3v) is 8.19. The Hall–Kier alpha value is -3.82. The minimum absolute atomic E-state index is 0.0328. The average Bonchev–Trinajstić information content (AvgIpc) is 3.68. The van der Waals surface area contributed by atoms with Gasteiger partial charge in [-0.25, -0.2) is 19.7 Å². The van der Waals surface area contributed by atoms with E-state index in [1.165, 1.54) is 28.0 Å². The summed E-state index contributed by atoms with van der Waals surface area (Å²) in [6.45, 7) is 0.333. The van der Waals surface area contributed by atoms with Crippen molar-refractivity contribution in [3.05, 3.63) is 34.9 Å². The van der Waals surface area contributed by atoms with Crippen LogP contribution in [-0.4, -0.2) is 128 Å². The van der Waals surface area contributed by atoms with E-state index in [-0.39, 0.29) is 37.6 Å². The number of aliphatic hydroxyl groups is 4. The zero-order chi connectivity index (χ0) is 32.4. The van der Waals surface area contributed by atoms with Gasteiger partial charge in [0.25, 0.3) is 0 Å². The Morgan fingerprint density at radius 2 is 1.84 bits per heavy atom. The zero-order valence-electron chi connectivity index (χ0n) is 24.2. The highest BCUT2D eigenvalue weighted by Crippen LogP contribution is 2.33. The molecule has 11 N–H and O–H groups in total. The second kappa shape index (κ2) is 13.7. The molecular formula is C26H38N10O9. The molecule has 0 aliphatic carbocycles. The number of carboxylic acid groups (broad SMARTS) is 1. The van der Waals surface area contributed by atoms with Crippen molar-refractivity contribution in [3.8, 4) is 0 Å². The molecule has 19 nitrogen and oxygen atoms in total. The van der Waals surface area contributed by atoms with E-state index in [0.29, 0.717) is 36.1 Å². The van der Waals surface area contributed by atoms with Crippen LogP contribution in [0.1, 0.15) is 37.3 Å². The van der Waals surface area contributed by atoms with Crippen molar-refractivity contribution in [2.45, 2.75) is 74.7 Å². The summed E-state index contributed by atoms with van der Waals surface area (Å²) in [5.74, 6) is -0.969. The van der Waals surface area contributed by atoms with Crippen molar-refractivity contribution in [3.63, 3.8) is 0 Å². The third kappa shape index (κ3) is 6.89. The van der Waals surface area contributed by atoms with Crippen LogP contribution in [0.25, 0.3) is 11.2 Å². The van der Waals surface area contributed by atoms with Crippen molar-refractivity contribution in [1.29, 1.82) is 0 Å². The number of hydrogen-bond acceptors (Lipinski definition) is 16. The van der Waals surface area contributed by atoms with Gasteiger partial charge in [0.1, 0.15) is 54.3 Å². The van der Waals surface area contributed by atoms with Gasteiger partial charge in [-0.1, -0.05) is 0 Å². The highest BCUT2D eigenvalue weighted by Gasteiger charge is 2.45. The molecule has 246 valence electrons. The van der Waals surface area contributed by atoms with Gasteiger partial charge in [-0.05, 0) is 25.8 Å². The van der Waals surface area contributed by atoms with Gasteiger partial charge in [0.05, 0.1) is 19.0 Å². The van der Waals surface area contributed by atoms with Gasteiger partial charge in [-0.15, -0.1) is 0 Å². The lowest BCUT2D eigenvalue weighted by Gasteiger charge is -2.27. The van der Waals surface area contributed by atoms with E-state index in [4.69, 9.17) is 26.7 Å². The number of aliphatic carboxylic acids is 1. The standard InChI is InChI=1S/C26H38N10O9/c27-13(25(41)42)3-5-34(4-1-2-12-7-35(26(43)33-21(12)28)17-6-14(38)16(9-37)44-17)8-15-19(39)20(40)24(45-15)36-11-32-18-22(29)30-10-31-23(18)36/h7,10-11,13-17,19-20,24,37-40H,1-6,8-9,27H2,(H,41,42)(H2,28,33,43)(H2,29,30,31)/t13-,14-,15+,16+,17-,19+,20+,24+/m0/s1. The molecule has 19 heteroatoms. The number of fused-ring (bicyclic) bond motifs is 1. The SMILES string of the molecule is Nc1nc(=O)n([C@@H]2C[C@H](O)[C@@H](CO)O2)cc1CCCN(CC[C@H](N)C(=O)O)C[C@H]1O[C@@H](n2cnc3c(N)ncnc32)[C@H](O)[C@@H]1O. The molecule has 0 aromatic carbocycles. The summed E-state index contributed by atoms with van der Waals surface area (Å²) in [7, 11) is 0. The number of nitrogen functional groups attached to an aromatic ring is 2. The van der Waals surface area contributed by atoms with Crippen LogP contribution >= 0.6 is 0 Å². The van der Waals surface area contributed by atoms with Crippen LogP contribution in [0.2, 0.25) is 0 Å². The summed E-state index contributed by atoms with van der Waals surface area (Å²) in [4.78, 5) is 41.9. The van der Waals surface area contributed by atoms with E-state index >= 15 is 0 Å². The maximum atomic E-state index is 12.5. The van der Waals surface area contributed by atoms with Crippen molar-refractivity contribution < 1.29 is 39.8 Å². The quantitative estimate of drug-likeness (QED) is 0.0906. The summed E-state index contributed by atoms with van der Waals surface area (Å²) in [6, 6.07) is -1.12. The predicted octanol–water partition coefficient (Wildman–Crippen LogP) is -3.46. The summed E-state index contributed by atoms with van der Waals surface area (Å²) in [5.41, 5.74) is 18.2. The lowest BCUT2D eigenvalue weighted by molar-refractivity contribution is -0.138. The Kier molecular flexibility index (Phi) is 9.89. The van der Waals surface area contributed by atoms with Gasteiger partial charge in [-0.3, -0.25) is 13.9 Å². The molecule has 2 saturated heterocycles. The maximum Gasteiger partial charge on any atom is 0.351 e. The lowest BCUT2D eigenvalue weighted by Crippen LogP contribution is -2.43. The van der Waals surface area contributed by atoms with Crippen LogP contribution in [-0.2, 0) is 20.7 Å². The number of nitrogens with two attached hydrogens (primary N) is 3. The molecule has 2 fully saturated rings. The van der Waals surface area contributed by atoms with Crippen LogP contribution in [0, 0.1) is 0 Å². The summed E-state index contributed by atoms with van der Waals surface area (Å²) in [6.07, 6.45) is -1.92. The van der Waals surface area contributed by atoms with Crippen LogP contribution in [0.15, 0.2) is 23.6 Å². The van der Waals surface area contributed by atoms with E-state index in [9.17, 15) is 35.1 Å². The maximum absolute atomic E-state index is 12.5. The summed E-state index contributed by atoms with van der Waals surface area (Å²) < 4.78 is 14.4. The Morgan fingerprint density at radius 1 is 1.07 bits per heavy atom. The fraction of sp³-hybridized carbons (Fsp3) is 0.615. The van der Waals surface area contributed by atoms with Gasteiger partial charge < -0.3 is 57.1 Å². The number of nitrogens with zero attached hydrogens (tertiary/aromatic N) is 7. The Balaban J connectivity index is 1.27. The first kappa shape index (κ1) is 32.6. The molecular weight excluding hydrogens is 596 g/mol. The molecule has 0 bridgehead atoms. The highest BCUT2D eigenvalue weighted by molar-refractivity contribution is 5.81. The molecule has 0 radical (unpaired) electrons. The van der Waals surface area contributed by atoms with Gasteiger partial charge in [-0.2, -0.15) is 4.98 Å². The normalized spacial score (nSPS) is 27.5. The highest BCUT2D eigenvalue weighted by atomic mass is 16.6. The van der Waals surface area contributed by atoms with E-state index in [2.05, 4.69) is 19.9 Å². The smallest absolute Gasteiger partial charge is 0.351 e. The predicted molar refractivity (Wildman–Crippen MR) is 155 cm³/mol. The molecule has 8 atom stereocenters. The number of rotatable bonds is 13. The van der Waals surface area contributed by atoms with Crippen molar-refractivity contribution >= 4 is 28.8 Å². The number of anilines is 2. The number of aliphatic hydroxyl groups excluding tert-OH is 4. The fourth-order valence-electron chi connectivity index (χ4n) is 5.62. The summed E-state index contributed by atoms with van der Waals surface area (Å²) >= 11 is 0. The van der Waals surface area contributed by atoms with Crippen LogP contribution in [0.5, 0.6) is 0 Å². The Labute approximate surface area is 255 Å². The molecule has 3 aromatic heterocycles. The number of ether oxygens (including phenoxy) is 2. The second-order valence-electron chi connectivity index (χ2n) is 11.2. The number of imidazole rings is 1. The molecule has 0 amide bonds. The number of carboxylic acids is 1. The fourth-order valence-corrected chi connectivity index (χ4v) is 5.62. The molecule has 3 aromatic rings. The second-order valence-corrected chi connectivity index (χ2v) is 11.2. The molecule has 5 heterocycles. The van der Waals surface area contributed by atoms with Crippen molar-refractivity contribution in [2.24, 2.45) is 5.73 Å². The zero-order valence-corrected chi connectivity index (χ0v) is 24.2. The van der Waals surface area contributed by atoms with Gasteiger partial charge in [0.2, 0.25) is 0 Å². The first-order chi connectivity index (χ1) is 21.5. The average molecular weight is 635 g/mol. The molecule has 0 saturated carbocycles. The number of hydrogen-bond donors (Lipinski definition) is 8. The molecule has 45 heavy (non-hydrogen) atoms. The van der Waals surface area contributed by atoms with E-state index in [1.807, 2.05) is 4.90 Å². The molecule has 5 rings (SSSR count). The summed E-state index contributed by atoms with van der Waals surface area (Å²) in [5, 5.41) is 50.5. The molecule has 0 unspecified atom stereocenters. The van der Waals surface area contributed by atoms with Gasteiger partial charge in [0, 0.05) is 31.3 Å². The van der Waals surface area contributed by atoms with Gasteiger partial charge in [0.15, 0.2) is 17.7 Å². The Morgan fingerprint density at radius 3 is 2.56 bits per heavy atom. The number of carbonyl (C=O) groups is 1. The van der Waals surface area contributed by atoms with Crippen LogP contribution < -0.4 is 22.9 Å².